The lowest BCUT2D eigenvalue weighted by Gasteiger charge is -2.25. The number of hydrogen-bond acceptors (Lipinski definition) is 5. The van der Waals surface area contributed by atoms with E-state index in [1.807, 2.05) is 4.57 Å². The average molecular weight is 415 g/mol. The normalized spacial score (nSPS) is 26.2. The van der Waals surface area contributed by atoms with Crippen molar-refractivity contribution in [1.29, 1.82) is 0 Å². The van der Waals surface area contributed by atoms with Crippen molar-refractivity contribution in [2.75, 3.05) is 18.0 Å². The van der Waals surface area contributed by atoms with E-state index in [4.69, 9.17) is 17.3 Å². The van der Waals surface area contributed by atoms with Crippen LogP contribution in [0.15, 0.2) is 23.1 Å². The van der Waals surface area contributed by atoms with Crippen molar-refractivity contribution in [3.63, 3.8) is 0 Å². The van der Waals surface area contributed by atoms with Gasteiger partial charge in [0.15, 0.2) is 0 Å². The molecule has 8 heteroatoms. The number of carboxylic acids is 1. The summed E-state index contributed by atoms with van der Waals surface area (Å²) >= 11 is 6.85. The first kappa shape index (κ1) is 18.6. The smallest absolute Gasteiger partial charge is 0.341 e. The molecule has 0 unspecified atom stereocenters. The summed E-state index contributed by atoms with van der Waals surface area (Å²) in [6.07, 6.45) is 8.55. The molecule has 3 N–H and O–H groups in total. The maximum atomic E-state index is 12.9. The van der Waals surface area contributed by atoms with Crippen LogP contribution >= 0.6 is 11.6 Å². The number of hydrogen-bond donors (Lipinski definition) is 2. The zero-order valence-corrected chi connectivity index (χ0v) is 16.9. The van der Waals surface area contributed by atoms with Gasteiger partial charge in [-0.1, -0.05) is 23.8 Å². The van der Waals surface area contributed by atoms with Gasteiger partial charge in [-0.15, -0.1) is 0 Å². The number of fused-ring (bicyclic) bond motifs is 2. The first-order valence-corrected chi connectivity index (χ1v) is 10.4. The number of carboxylic acid groups (broad SMARTS) is 1. The minimum Gasteiger partial charge on any atom is -0.477 e. The number of nitrogens with zero attached hydrogens (tertiary/aromatic N) is 3. The molecule has 7 nitrogen and oxygen atoms in total. The highest BCUT2D eigenvalue weighted by atomic mass is 35.5. The van der Waals surface area contributed by atoms with Crippen molar-refractivity contribution in [2.24, 2.45) is 17.6 Å². The average Bonchev–Trinajstić information content (AvgIpc) is 3.42. The van der Waals surface area contributed by atoms with Crippen LogP contribution in [0.2, 0.25) is 5.02 Å². The van der Waals surface area contributed by atoms with E-state index in [0.717, 1.165) is 32.4 Å². The largest absolute Gasteiger partial charge is 0.477 e. The number of nitrogens with two attached hydrogens (primary N) is 1. The van der Waals surface area contributed by atoms with E-state index in [1.54, 1.807) is 6.92 Å². The van der Waals surface area contributed by atoms with Gasteiger partial charge in [0.05, 0.1) is 16.6 Å². The third-order valence-electron chi connectivity index (χ3n) is 6.53. The number of allylic oxidation sites excluding steroid dienone is 1. The van der Waals surface area contributed by atoms with Gasteiger partial charge in [0.2, 0.25) is 5.43 Å². The number of rotatable bonds is 3. The first-order valence-electron chi connectivity index (χ1n) is 10.0. The fourth-order valence-electron chi connectivity index (χ4n) is 4.87. The summed E-state index contributed by atoms with van der Waals surface area (Å²) in [5.74, 6) is 0.254. The molecule has 1 saturated heterocycles. The molecule has 5 rings (SSSR count). The Balaban J connectivity index is 1.69. The molecule has 0 aromatic carbocycles. The van der Waals surface area contributed by atoms with Crippen molar-refractivity contribution in [3.8, 4) is 0 Å². The highest BCUT2D eigenvalue weighted by Crippen LogP contribution is 2.43. The van der Waals surface area contributed by atoms with E-state index in [1.165, 1.54) is 6.20 Å². The number of aryl methyl sites for hydroxylation is 1. The Morgan fingerprint density at radius 2 is 2.10 bits per heavy atom. The number of halogens is 1. The maximum absolute atomic E-state index is 12.9. The van der Waals surface area contributed by atoms with Crippen molar-refractivity contribution in [1.82, 2.24) is 9.55 Å². The van der Waals surface area contributed by atoms with Gasteiger partial charge in [0.1, 0.15) is 16.4 Å². The Hall–Kier alpha value is -2.38. The second-order valence-electron chi connectivity index (χ2n) is 8.44. The molecule has 3 aliphatic rings. The molecule has 2 aliphatic carbocycles. The molecular formula is C21H23ClN4O3. The fourth-order valence-corrected chi connectivity index (χ4v) is 5.23. The highest BCUT2D eigenvalue weighted by molar-refractivity contribution is 6.37. The summed E-state index contributed by atoms with van der Waals surface area (Å²) in [6, 6.07) is 0.198. The van der Waals surface area contributed by atoms with Crippen LogP contribution in [0.5, 0.6) is 0 Å². The molecule has 0 bridgehead atoms. The van der Waals surface area contributed by atoms with Gasteiger partial charge in [0.25, 0.3) is 0 Å². The van der Waals surface area contributed by atoms with Gasteiger partial charge in [-0.05, 0) is 38.0 Å². The molecule has 1 saturated carbocycles. The van der Waals surface area contributed by atoms with Crippen LogP contribution in [-0.2, 0) is 0 Å². The molecule has 3 atom stereocenters. The molecule has 0 spiro atoms. The molecule has 152 valence electrons. The number of aromatic nitrogens is 2. The van der Waals surface area contributed by atoms with Gasteiger partial charge in [0, 0.05) is 31.4 Å². The van der Waals surface area contributed by atoms with Crippen molar-refractivity contribution in [3.05, 3.63) is 44.9 Å². The van der Waals surface area contributed by atoms with E-state index in [9.17, 15) is 14.7 Å². The van der Waals surface area contributed by atoms with Gasteiger partial charge >= 0.3 is 5.97 Å². The number of pyridine rings is 2. The lowest BCUT2D eigenvalue weighted by atomic mass is 9.83. The number of aromatic carboxylic acids is 1. The molecule has 2 aromatic rings. The number of anilines is 1. The zero-order valence-electron chi connectivity index (χ0n) is 16.1. The summed E-state index contributed by atoms with van der Waals surface area (Å²) in [7, 11) is 0. The summed E-state index contributed by atoms with van der Waals surface area (Å²) in [4.78, 5) is 31.3. The molecule has 0 amide bonds. The third kappa shape index (κ3) is 2.87. The Labute approximate surface area is 172 Å². The second kappa shape index (κ2) is 6.57. The van der Waals surface area contributed by atoms with Crippen LogP contribution in [0.4, 0.5) is 5.82 Å². The first-order chi connectivity index (χ1) is 13.9. The monoisotopic (exact) mass is 414 g/mol. The Kier molecular flexibility index (Phi) is 4.22. The van der Waals surface area contributed by atoms with Gasteiger partial charge in [-0.3, -0.25) is 4.79 Å². The van der Waals surface area contributed by atoms with Gasteiger partial charge in [-0.25, -0.2) is 9.78 Å². The minimum absolute atomic E-state index is 0.0295. The Morgan fingerprint density at radius 1 is 1.34 bits per heavy atom. The van der Waals surface area contributed by atoms with Crippen LogP contribution in [0, 0.1) is 18.8 Å². The van der Waals surface area contributed by atoms with Gasteiger partial charge < -0.3 is 20.3 Å². The number of carbonyl (C=O) groups is 1. The quantitative estimate of drug-likeness (QED) is 0.749. The lowest BCUT2D eigenvalue weighted by Crippen LogP contribution is -2.35. The molecule has 0 radical (unpaired) electrons. The van der Waals surface area contributed by atoms with Crippen LogP contribution in [0.1, 0.15) is 41.4 Å². The van der Waals surface area contributed by atoms with Crippen LogP contribution < -0.4 is 16.1 Å². The standard InChI is InChI=1S/C21H23ClN4O3/c1-10-16-18(26(12-5-6-12)9-14(19(16)27)21(28)29)17(22)20(24-10)25-7-11-3-2-4-15(23)13(11)8-25/h2,4,9,11-13,15H,3,5-8,23H2,1H3,(H,28,29)/t11-,13+,15-/m1/s1. The van der Waals surface area contributed by atoms with Crippen LogP contribution in [0.3, 0.4) is 0 Å². The predicted molar refractivity (Wildman–Crippen MR) is 112 cm³/mol. The van der Waals surface area contributed by atoms with Crippen LogP contribution in [0.25, 0.3) is 10.9 Å². The zero-order chi connectivity index (χ0) is 20.4. The van der Waals surface area contributed by atoms with E-state index in [2.05, 4.69) is 22.0 Å². The van der Waals surface area contributed by atoms with Crippen molar-refractivity contribution >= 4 is 34.3 Å². The Bertz CT molecular complexity index is 1120. The highest BCUT2D eigenvalue weighted by Gasteiger charge is 2.39. The maximum Gasteiger partial charge on any atom is 0.341 e. The topological polar surface area (TPSA) is 101 Å². The molecule has 1 aliphatic heterocycles. The lowest BCUT2D eigenvalue weighted by molar-refractivity contribution is 0.0695. The molecule has 29 heavy (non-hydrogen) atoms. The molecule has 3 heterocycles. The SMILES string of the molecule is Cc1nc(N2C[C@H]3CC=C[C@@H](N)[C@H]3C2)c(Cl)c2c1c(=O)c(C(=O)O)cn2C1CC1. The van der Waals surface area contributed by atoms with Crippen molar-refractivity contribution in [2.45, 2.75) is 38.3 Å². The summed E-state index contributed by atoms with van der Waals surface area (Å²) < 4.78 is 1.87. The second-order valence-corrected chi connectivity index (χ2v) is 8.82. The Morgan fingerprint density at radius 3 is 2.76 bits per heavy atom. The van der Waals surface area contributed by atoms with E-state index in [-0.39, 0.29) is 17.6 Å². The molecular weight excluding hydrogens is 392 g/mol. The van der Waals surface area contributed by atoms with E-state index in [0.29, 0.717) is 39.3 Å². The third-order valence-corrected chi connectivity index (χ3v) is 6.88. The van der Waals surface area contributed by atoms with Crippen LogP contribution in [-0.4, -0.2) is 39.8 Å². The molecule has 2 fully saturated rings. The summed E-state index contributed by atoms with van der Waals surface area (Å²) in [6.45, 7) is 3.35. The van der Waals surface area contributed by atoms with E-state index >= 15 is 0 Å². The fraction of sp³-hybridized carbons (Fsp3) is 0.476. The molecule has 2 aromatic heterocycles. The summed E-state index contributed by atoms with van der Waals surface area (Å²) in [5.41, 5.74) is 6.64. The summed E-state index contributed by atoms with van der Waals surface area (Å²) in [5, 5.41) is 10.2. The van der Waals surface area contributed by atoms with Gasteiger partial charge in [-0.2, -0.15) is 0 Å². The minimum atomic E-state index is -1.23. The van der Waals surface area contributed by atoms with E-state index < -0.39 is 11.4 Å². The predicted octanol–water partition coefficient (Wildman–Crippen LogP) is 2.73. The van der Waals surface area contributed by atoms with Crippen molar-refractivity contribution < 1.29 is 9.90 Å².